The van der Waals surface area contributed by atoms with Crippen LogP contribution in [0.2, 0.25) is 0 Å². The van der Waals surface area contributed by atoms with Gasteiger partial charge in [0, 0.05) is 12.1 Å². The number of hydrogen-bond donors (Lipinski definition) is 1. The fourth-order valence-electron chi connectivity index (χ4n) is 5.14. The molecule has 0 radical (unpaired) electrons. The molecule has 3 aliphatic carbocycles. The monoisotopic (exact) mass is 271 g/mol. The maximum absolute atomic E-state index is 5.46. The number of benzene rings is 1. The maximum Gasteiger partial charge on any atom is 0.122 e. The standard InChI is InChI=1S/C18H25NO/c1-11(9-12-5-3-4-6-15(12)20-2)19-18-16-13-7-8-14(10-13)17(16)18/h3-6,11,13-14,16-19H,7-10H2,1-2H3. The molecule has 4 rings (SSSR count). The molecule has 3 saturated carbocycles. The molecule has 2 heteroatoms. The van der Waals surface area contributed by atoms with Gasteiger partial charge in [-0.3, -0.25) is 0 Å². The first-order chi connectivity index (χ1) is 9.78. The first kappa shape index (κ1) is 12.7. The van der Waals surface area contributed by atoms with E-state index in [0.29, 0.717) is 6.04 Å². The van der Waals surface area contributed by atoms with Crippen molar-refractivity contribution in [2.45, 2.75) is 44.7 Å². The smallest absolute Gasteiger partial charge is 0.122 e. The molecular formula is C18H25NO. The second kappa shape index (κ2) is 4.77. The van der Waals surface area contributed by atoms with E-state index in [9.17, 15) is 0 Å². The third-order valence-corrected chi connectivity index (χ3v) is 5.93. The minimum Gasteiger partial charge on any atom is -0.496 e. The fourth-order valence-corrected chi connectivity index (χ4v) is 5.14. The molecule has 0 spiro atoms. The predicted octanol–water partition coefficient (Wildman–Crippen LogP) is 3.26. The highest BCUT2D eigenvalue weighted by atomic mass is 16.5. The molecule has 5 atom stereocenters. The normalized spacial score (nSPS) is 38.6. The van der Waals surface area contributed by atoms with Gasteiger partial charge >= 0.3 is 0 Å². The summed E-state index contributed by atoms with van der Waals surface area (Å²) in [6, 6.07) is 9.77. The minimum absolute atomic E-state index is 0.543. The Kier molecular flexibility index (Phi) is 3.03. The van der Waals surface area contributed by atoms with Crippen LogP contribution in [0.15, 0.2) is 24.3 Å². The van der Waals surface area contributed by atoms with Crippen LogP contribution >= 0.6 is 0 Å². The Labute approximate surface area is 121 Å². The van der Waals surface area contributed by atoms with E-state index in [-0.39, 0.29) is 0 Å². The van der Waals surface area contributed by atoms with Gasteiger partial charge in [-0.1, -0.05) is 18.2 Å². The van der Waals surface area contributed by atoms with Crippen LogP contribution in [0.3, 0.4) is 0 Å². The molecule has 1 N–H and O–H groups in total. The average molecular weight is 271 g/mol. The molecule has 1 aromatic carbocycles. The molecule has 20 heavy (non-hydrogen) atoms. The minimum atomic E-state index is 0.543. The lowest BCUT2D eigenvalue weighted by atomic mass is 10.0. The zero-order valence-electron chi connectivity index (χ0n) is 12.5. The summed E-state index contributed by atoms with van der Waals surface area (Å²) in [5.74, 6) is 5.18. The Hall–Kier alpha value is -1.02. The highest BCUT2D eigenvalue weighted by molar-refractivity contribution is 5.34. The average Bonchev–Trinajstić information content (AvgIpc) is 2.85. The van der Waals surface area contributed by atoms with Crippen LogP contribution in [0, 0.1) is 23.7 Å². The Morgan fingerprint density at radius 1 is 1.20 bits per heavy atom. The van der Waals surface area contributed by atoms with Gasteiger partial charge in [0.15, 0.2) is 0 Å². The van der Waals surface area contributed by atoms with Crippen LogP contribution in [-0.4, -0.2) is 19.2 Å². The molecule has 0 aromatic heterocycles. The summed E-state index contributed by atoms with van der Waals surface area (Å²) in [7, 11) is 1.76. The van der Waals surface area contributed by atoms with Gasteiger partial charge in [-0.25, -0.2) is 0 Å². The van der Waals surface area contributed by atoms with Gasteiger partial charge in [0.1, 0.15) is 5.75 Å². The number of para-hydroxylation sites is 1. The SMILES string of the molecule is COc1ccccc1CC(C)NC1C2C3CCC(C3)C12. The first-order valence-electron chi connectivity index (χ1n) is 8.16. The summed E-state index contributed by atoms with van der Waals surface area (Å²) in [5, 5.41) is 3.90. The van der Waals surface area contributed by atoms with Crippen LogP contribution < -0.4 is 10.1 Å². The van der Waals surface area contributed by atoms with Gasteiger partial charge in [-0.2, -0.15) is 0 Å². The Morgan fingerprint density at radius 2 is 1.90 bits per heavy atom. The van der Waals surface area contributed by atoms with Gasteiger partial charge < -0.3 is 10.1 Å². The topological polar surface area (TPSA) is 21.3 Å². The van der Waals surface area contributed by atoms with E-state index in [1.165, 1.54) is 24.8 Å². The number of nitrogens with one attached hydrogen (secondary N) is 1. The second-order valence-electron chi connectivity index (χ2n) is 7.10. The quantitative estimate of drug-likeness (QED) is 0.887. The van der Waals surface area contributed by atoms with Crippen molar-refractivity contribution in [2.24, 2.45) is 23.7 Å². The van der Waals surface area contributed by atoms with Crippen LogP contribution in [0.4, 0.5) is 0 Å². The van der Waals surface area contributed by atoms with Crippen molar-refractivity contribution in [3.05, 3.63) is 29.8 Å². The second-order valence-corrected chi connectivity index (χ2v) is 7.10. The molecule has 2 bridgehead atoms. The zero-order valence-corrected chi connectivity index (χ0v) is 12.5. The molecule has 108 valence electrons. The molecule has 3 aliphatic rings. The predicted molar refractivity (Wildman–Crippen MR) is 80.9 cm³/mol. The highest BCUT2D eigenvalue weighted by Gasteiger charge is 2.64. The lowest BCUT2D eigenvalue weighted by molar-refractivity contribution is 0.399. The number of hydrogen-bond acceptors (Lipinski definition) is 2. The van der Waals surface area contributed by atoms with E-state index in [4.69, 9.17) is 4.74 Å². The maximum atomic E-state index is 5.46. The van der Waals surface area contributed by atoms with Crippen molar-refractivity contribution in [1.29, 1.82) is 0 Å². The number of rotatable bonds is 5. The third kappa shape index (κ3) is 1.96. The summed E-state index contributed by atoms with van der Waals surface area (Å²) < 4.78 is 5.46. The highest BCUT2D eigenvalue weighted by Crippen LogP contribution is 2.65. The summed E-state index contributed by atoms with van der Waals surface area (Å²) >= 11 is 0. The molecular weight excluding hydrogens is 246 g/mol. The molecule has 1 aromatic rings. The van der Waals surface area contributed by atoms with E-state index in [2.05, 4.69) is 30.4 Å². The van der Waals surface area contributed by atoms with E-state index < -0.39 is 0 Å². The van der Waals surface area contributed by atoms with E-state index >= 15 is 0 Å². The largest absolute Gasteiger partial charge is 0.496 e. The molecule has 0 amide bonds. The molecule has 0 aliphatic heterocycles. The lowest BCUT2D eigenvalue weighted by Crippen LogP contribution is -2.33. The van der Waals surface area contributed by atoms with Gasteiger partial charge in [0.05, 0.1) is 7.11 Å². The summed E-state index contributed by atoms with van der Waals surface area (Å²) in [4.78, 5) is 0. The van der Waals surface area contributed by atoms with Crippen molar-refractivity contribution < 1.29 is 4.74 Å². The van der Waals surface area contributed by atoms with Crippen molar-refractivity contribution in [1.82, 2.24) is 5.32 Å². The molecule has 0 heterocycles. The van der Waals surface area contributed by atoms with Gasteiger partial charge in [-0.05, 0) is 67.9 Å². The molecule has 0 saturated heterocycles. The van der Waals surface area contributed by atoms with Crippen LogP contribution in [0.5, 0.6) is 5.75 Å². The van der Waals surface area contributed by atoms with Crippen LogP contribution in [0.25, 0.3) is 0 Å². The van der Waals surface area contributed by atoms with Crippen molar-refractivity contribution >= 4 is 0 Å². The zero-order chi connectivity index (χ0) is 13.7. The number of fused-ring (bicyclic) bond motifs is 5. The van der Waals surface area contributed by atoms with Crippen molar-refractivity contribution in [2.75, 3.05) is 7.11 Å². The third-order valence-electron chi connectivity index (χ3n) is 5.93. The summed E-state index contributed by atoms with van der Waals surface area (Å²) in [6.45, 7) is 2.32. The molecule has 3 fully saturated rings. The van der Waals surface area contributed by atoms with Gasteiger partial charge in [-0.15, -0.1) is 0 Å². The first-order valence-corrected chi connectivity index (χ1v) is 8.16. The molecule has 5 unspecified atom stereocenters. The van der Waals surface area contributed by atoms with Crippen LogP contribution in [0.1, 0.15) is 31.7 Å². The van der Waals surface area contributed by atoms with Crippen LogP contribution in [-0.2, 0) is 6.42 Å². The fraction of sp³-hybridized carbons (Fsp3) is 0.667. The Morgan fingerprint density at radius 3 is 2.60 bits per heavy atom. The summed E-state index contributed by atoms with van der Waals surface area (Å²) in [6.07, 6.45) is 5.61. The van der Waals surface area contributed by atoms with Gasteiger partial charge in [0.2, 0.25) is 0 Å². The molecule has 2 nitrogen and oxygen atoms in total. The van der Waals surface area contributed by atoms with Crippen molar-refractivity contribution in [3.8, 4) is 5.75 Å². The Bertz CT molecular complexity index is 484. The number of ether oxygens (including phenoxy) is 1. The Balaban J connectivity index is 1.36. The van der Waals surface area contributed by atoms with E-state index in [1.807, 2.05) is 6.07 Å². The lowest BCUT2D eigenvalue weighted by Gasteiger charge is -2.18. The van der Waals surface area contributed by atoms with Gasteiger partial charge in [0.25, 0.3) is 0 Å². The van der Waals surface area contributed by atoms with E-state index in [0.717, 1.165) is 41.9 Å². The van der Waals surface area contributed by atoms with E-state index in [1.54, 1.807) is 7.11 Å². The number of methoxy groups -OCH3 is 1. The summed E-state index contributed by atoms with van der Waals surface area (Å²) in [5.41, 5.74) is 1.32. The van der Waals surface area contributed by atoms with Crippen molar-refractivity contribution in [3.63, 3.8) is 0 Å².